The first-order valence-corrected chi connectivity index (χ1v) is 21.4. The standard InChI is InChI=1S/C59H43N3/c1-3-4-13-40-29-34-56(60-39(40)2)62(57-35-30-44-16-9-12-21-55(44)61-57)50-31-26-43(27-32-50)47-28-33-53-54(38-47)59(49-25-23-42-15-6-8-18-46(42)37-49)52-20-11-10-19-51(52)58(53)48-24-22-41-14-5-7-17-45(41)36-48/h3-39H,1-2H3/b4-3-,40-13-. The van der Waals surface area contributed by atoms with Crippen LogP contribution in [0.3, 0.4) is 0 Å². The number of fused-ring (bicyclic) bond motifs is 5. The average molecular weight is 794 g/mol. The van der Waals surface area contributed by atoms with Crippen LogP contribution >= 0.6 is 0 Å². The number of pyridine rings is 1. The minimum Gasteiger partial charge on any atom is -0.279 e. The van der Waals surface area contributed by atoms with Crippen molar-refractivity contribution in [2.45, 2.75) is 19.9 Å². The molecule has 1 aliphatic rings. The molecule has 0 spiro atoms. The maximum Gasteiger partial charge on any atom is 0.139 e. The largest absolute Gasteiger partial charge is 0.279 e. The Morgan fingerprint density at radius 2 is 1.02 bits per heavy atom. The Morgan fingerprint density at radius 3 is 1.68 bits per heavy atom. The molecule has 3 nitrogen and oxygen atoms in total. The molecule has 1 atom stereocenters. The fourth-order valence-electron chi connectivity index (χ4n) is 9.19. The molecule has 9 aromatic carbocycles. The van der Waals surface area contributed by atoms with Gasteiger partial charge in [0.25, 0.3) is 0 Å². The highest BCUT2D eigenvalue weighted by Crippen LogP contribution is 2.46. The number of dihydropyridines is 1. The summed E-state index contributed by atoms with van der Waals surface area (Å²) in [5.41, 5.74) is 10.3. The molecule has 0 radical (unpaired) electrons. The quantitative estimate of drug-likeness (QED) is 0.157. The number of amidine groups is 1. The molecule has 1 aromatic heterocycles. The Bertz CT molecular complexity index is 3500. The molecule has 294 valence electrons. The highest BCUT2D eigenvalue weighted by atomic mass is 15.2. The van der Waals surface area contributed by atoms with Gasteiger partial charge in [-0.1, -0.05) is 164 Å². The lowest BCUT2D eigenvalue weighted by molar-refractivity contribution is 0.874. The first-order valence-electron chi connectivity index (χ1n) is 21.4. The molecule has 1 aliphatic heterocycles. The van der Waals surface area contributed by atoms with Crippen molar-refractivity contribution in [1.29, 1.82) is 0 Å². The van der Waals surface area contributed by atoms with Crippen LogP contribution in [0, 0.1) is 0 Å². The van der Waals surface area contributed by atoms with Gasteiger partial charge in [0.05, 0.1) is 11.6 Å². The van der Waals surface area contributed by atoms with E-state index in [0.717, 1.165) is 39.4 Å². The highest BCUT2D eigenvalue weighted by Gasteiger charge is 2.22. The van der Waals surface area contributed by atoms with Gasteiger partial charge < -0.3 is 0 Å². The molecule has 0 fully saturated rings. The second-order valence-corrected chi connectivity index (χ2v) is 16.1. The Balaban J connectivity index is 1.08. The van der Waals surface area contributed by atoms with E-state index in [0.29, 0.717) is 0 Å². The number of rotatable bonds is 6. The van der Waals surface area contributed by atoms with E-state index in [2.05, 4.69) is 218 Å². The zero-order valence-electron chi connectivity index (χ0n) is 34.7. The lowest BCUT2D eigenvalue weighted by atomic mass is 9.84. The van der Waals surface area contributed by atoms with Crippen LogP contribution in [0.2, 0.25) is 0 Å². The van der Waals surface area contributed by atoms with Gasteiger partial charge in [-0.15, -0.1) is 0 Å². The minimum absolute atomic E-state index is 0.00147. The molecule has 0 aliphatic carbocycles. The molecule has 2 heterocycles. The summed E-state index contributed by atoms with van der Waals surface area (Å²) in [6, 6.07) is 68.4. The number of para-hydroxylation sites is 1. The van der Waals surface area contributed by atoms with Crippen LogP contribution in [-0.4, -0.2) is 16.9 Å². The van der Waals surface area contributed by atoms with Gasteiger partial charge in [0, 0.05) is 11.1 Å². The summed E-state index contributed by atoms with van der Waals surface area (Å²) in [4.78, 5) is 12.5. The molecular formula is C59H43N3. The fourth-order valence-corrected chi connectivity index (χ4v) is 9.19. The lowest BCUT2D eigenvalue weighted by Crippen LogP contribution is -2.28. The van der Waals surface area contributed by atoms with Crippen LogP contribution in [-0.2, 0) is 0 Å². The van der Waals surface area contributed by atoms with Crippen LogP contribution in [0.25, 0.3) is 87.4 Å². The predicted molar refractivity (Wildman–Crippen MR) is 266 cm³/mol. The van der Waals surface area contributed by atoms with Gasteiger partial charge in [-0.2, -0.15) is 0 Å². The molecule has 11 rings (SSSR count). The van der Waals surface area contributed by atoms with E-state index in [-0.39, 0.29) is 6.04 Å². The second-order valence-electron chi connectivity index (χ2n) is 16.1. The normalized spacial score (nSPS) is 14.8. The number of benzene rings is 9. The van der Waals surface area contributed by atoms with Gasteiger partial charge in [0.15, 0.2) is 0 Å². The minimum atomic E-state index is -0.00147. The van der Waals surface area contributed by atoms with Gasteiger partial charge in [0.1, 0.15) is 11.7 Å². The monoisotopic (exact) mass is 793 g/mol. The number of nitrogens with zero attached hydrogens (tertiary/aromatic N) is 3. The van der Waals surface area contributed by atoms with E-state index in [1.807, 2.05) is 19.1 Å². The van der Waals surface area contributed by atoms with E-state index in [1.165, 1.54) is 70.9 Å². The molecule has 3 heteroatoms. The molecule has 62 heavy (non-hydrogen) atoms. The molecule has 0 amide bonds. The molecule has 0 N–H and O–H groups in total. The van der Waals surface area contributed by atoms with Crippen molar-refractivity contribution in [3.8, 4) is 33.4 Å². The Labute approximate surface area is 362 Å². The molecular weight excluding hydrogens is 751 g/mol. The van der Waals surface area contributed by atoms with E-state index < -0.39 is 0 Å². The SMILES string of the molecule is C/C=C\C=C1\C=CC(N(c2ccc(-c3ccc4c(-c5ccc6ccccc6c5)c5ccccc5c(-c5ccc6ccccc6c5)c4c3)cc2)c2ccc3ccccc3n2)=NC1C. The van der Waals surface area contributed by atoms with Crippen molar-refractivity contribution in [2.24, 2.45) is 4.99 Å². The third kappa shape index (κ3) is 6.65. The third-order valence-corrected chi connectivity index (χ3v) is 12.3. The van der Waals surface area contributed by atoms with Gasteiger partial charge in [-0.05, 0) is 150 Å². The van der Waals surface area contributed by atoms with Crippen molar-refractivity contribution in [1.82, 2.24) is 4.98 Å². The van der Waals surface area contributed by atoms with E-state index in [9.17, 15) is 0 Å². The van der Waals surface area contributed by atoms with Gasteiger partial charge in [-0.3, -0.25) is 9.89 Å². The summed E-state index contributed by atoms with van der Waals surface area (Å²) >= 11 is 0. The fraction of sp³-hybridized carbons (Fsp3) is 0.0508. The molecule has 0 saturated carbocycles. The smallest absolute Gasteiger partial charge is 0.139 e. The number of hydrogen-bond donors (Lipinski definition) is 0. The predicted octanol–water partition coefficient (Wildman–Crippen LogP) is 15.8. The summed E-state index contributed by atoms with van der Waals surface area (Å²) < 4.78 is 0. The lowest BCUT2D eigenvalue weighted by Gasteiger charge is -2.27. The van der Waals surface area contributed by atoms with Gasteiger partial charge in [0.2, 0.25) is 0 Å². The average Bonchev–Trinajstić information content (AvgIpc) is 3.32. The van der Waals surface area contributed by atoms with Crippen LogP contribution < -0.4 is 4.90 Å². The van der Waals surface area contributed by atoms with Crippen molar-refractivity contribution < 1.29 is 0 Å². The molecule has 10 aromatic rings. The van der Waals surface area contributed by atoms with Crippen LogP contribution in [0.5, 0.6) is 0 Å². The summed E-state index contributed by atoms with van der Waals surface area (Å²) in [5, 5.41) is 11.0. The Morgan fingerprint density at radius 1 is 0.468 bits per heavy atom. The van der Waals surface area contributed by atoms with Crippen molar-refractivity contribution in [3.05, 3.63) is 224 Å². The maximum atomic E-state index is 5.21. The van der Waals surface area contributed by atoms with Crippen LogP contribution in [0.1, 0.15) is 13.8 Å². The van der Waals surface area contributed by atoms with E-state index in [1.54, 1.807) is 0 Å². The summed E-state index contributed by atoms with van der Waals surface area (Å²) in [6.07, 6.45) is 10.5. The van der Waals surface area contributed by atoms with Crippen LogP contribution in [0.15, 0.2) is 229 Å². The van der Waals surface area contributed by atoms with E-state index >= 15 is 0 Å². The van der Waals surface area contributed by atoms with Crippen LogP contribution in [0.4, 0.5) is 11.5 Å². The molecule has 0 saturated heterocycles. The zero-order chi connectivity index (χ0) is 41.6. The van der Waals surface area contributed by atoms with Gasteiger partial charge in [-0.25, -0.2) is 4.98 Å². The highest BCUT2D eigenvalue weighted by molar-refractivity contribution is 6.22. The number of hydrogen-bond acceptors (Lipinski definition) is 3. The summed E-state index contributed by atoms with van der Waals surface area (Å²) in [6.45, 7) is 4.18. The summed E-state index contributed by atoms with van der Waals surface area (Å²) in [5.74, 6) is 1.68. The van der Waals surface area contributed by atoms with Crippen molar-refractivity contribution in [2.75, 3.05) is 4.90 Å². The second kappa shape index (κ2) is 15.6. The molecule has 1 unspecified atom stereocenters. The number of allylic oxidation sites excluding steroid dienone is 3. The zero-order valence-corrected chi connectivity index (χ0v) is 34.7. The van der Waals surface area contributed by atoms with E-state index in [4.69, 9.17) is 9.98 Å². The maximum absolute atomic E-state index is 5.21. The summed E-state index contributed by atoms with van der Waals surface area (Å²) in [7, 11) is 0. The Kier molecular flexibility index (Phi) is 9.36. The van der Waals surface area contributed by atoms with Crippen molar-refractivity contribution in [3.63, 3.8) is 0 Å². The Hall–Kier alpha value is -7.88. The number of anilines is 2. The number of aromatic nitrogens is 1. The number of aliphatic imine (C=N–C) groups is 1. The third-order valence-electron chi connectivity index (χ3n) is 12.3. The molecule has 0 bridgehead atoms. The van der Waals surface area contributed by atoms with Gasteiger partial charge >= 0.3 is 0 Å². The van der Waals surface area contributed by atoms with Crippen molar-refractivity contribution >= 4 is 71.3 Å². The topological polar surface area (TPSA) is 28.5 Å². The first-order chi connectivity index (χ1) is 30.6. The first kappa shape index (κ1) is 37.1.